The third-order valence-corrected chi connectivity index (χ3v) is 3.22. The molecule has 0 atom stereocenters. The molecule has 3 N–H and O–H groups in total. The Morgan fingerprint density at radius 3 is 2.80 bits per heavy atom. The molecule has 4 nitrogen and oxygen atoms in total. The second-order valence-corrected chi connectivity index (χ2v) is 5.06. The standard InChI is InChI=1S/C14H22FN3OS/c1-3-16-14(17-6-7-19)18-9-11-4-5-13(15)8-12(11)10-20-2/h4-5,8,19H,3,6-7,9-10H2,1-2H3,(H2,16,17,18). The van der Waals surface area contributed by atoms with Crippen LogP contribution >= 0.6 is 11.8 Å². The number of benzene rings is 1. The quantitative estimate of drug-likeness (QED) is 0.530. The number of halogens is 1. The number of aliphatic imine (C=N–C) groups is 1. The number of hydrogen-bond donors (Lipinski definition) is 3. The summed E-state index contributed by atoms with van der Waals surface area (Å²) in [4.78, 5) is 4.45. The molecular formula is C14H22FN3OS. The van der Waals surface area contributed by atoms with E-state index in [1.54, 1.807) is 23.9 Å². The Kier molecular flexibility index (Phi) is 8.06. The molecule has 0 bridgehead atoms. The minimum absolute atomic E-state index is 0.0543. The van der Waals surface area contributed by atoms with Gasteiger partial charge in [0.25, 0.3) is 0 Å². The van der Waals surface area contributed by atoms with Gasteiger partial charge in [-0.15, -0.1) is 0 Å². The molecule has 1 rings (SSSR count). The van der Waals surface area contributed by atoms with Gasteiger partial charge in [0.15, 0.2) is 5.96 Å². The zero-order chi connectivity index (χ0) is 14.8. The molecule has 0 aliphatic carbocycles. The third-order valence-electron chi connectivity index (χ3n) is 2.62. The van der Waals surface area contributed by atoms with Crippen molar-refractivity contribution in [2.24, 2.45) is 4.99 Å². The highest BCUT2D eigenvalue weighted by Crippen LogP contribution is 2.17. The van der Waals surface area contributed by atoms with Gasteiger partial charge >= 0.3 is 0 Å². The van der Waals surface area contributed by atoms with Crippen LogP contribution in [0.4, 0.5) is 4.39 Å². The molecule has 0 saturated carbocycles. The SMILES string of the molecule is CCNC(=NCc1ccc(F)cc1CSC)NCCO. The van der Waals surface area contributed by atoms with E-state index in [4.69, 9.17) is 5.11 Å². The first kappa shape index (κ1) is 16.8. The van der Waals surface area contributed by atoms with Crippen LogP contribution < -0.4 is 10.6 Å². The van der Waals surface area contributed by atoms with Gasteiger partial charge in [0, 0.05) is 18.8 Å². The van der Waals surface area contributed by atoms with Crippen molar-refractivity contribution >= 4 is 17.7 Å². The molecule has 0 amide bonds. The molecule has 1 aromatic carbocycles. The molecule has 0 radical (unpaired) electrons. The number of aliphatic hydroxyl groups excluding tert-OH is 1. The summed E-state index contributed by atoms with van der Waals surface area (Å²) in [7, 11) is 0. The fraction of sp³-hybridized carbons (Fsp3) is 0.500. The van der Waals surface area contributed by atoms with Gasteiger partial charge in [-0.05, 0) is 36.4 Å². The highest BCUT2D eigenvalue weighted by Gasteiger charge is 2.04. The molecule has 0 heterocycles. The minimum Gasteiger partial charge on any atom is -0.395 e. The summed E-state index contributed by atoms with van der Waals surface area (Å²) in [6, 6.07) is 4.80. The van der Waals surface area contributed by atoms with Crippen molar-refractivity contribution in [3.05, 3.63) is 35.1 Å². The Morgan fingerprint density at radius 2 is 2.15 bits per heavy atom. The Labute approximate surface area is 123 Å². The number of hydrogen-bond acceptors (Lipinski definition) is 3. The van der Waals surface area contributed by atoms with Crippen molar-refractivity contribution in [1.29, 1.82) is 0 Å². The van der Waals surface area contributed by atoms with E-state index in [2.05, 4.69) is 15.6 Å². The van der Waals surface area contributed by atoms with Gasteiger partial charge in [-0.1, -0.05) is 6.07 Å². The smallest absolute Gasteiger partial charge is 0.191 e. The lowest BCUT2D eigenvalue weighted by molar-refractivity contribution is 0.300. The normalized spacial score (nSPS) is 11.5. The summed E-state index contributed by atoms with van der Waals surface area (Å²) in [6.07, 6.45) is 1.99. The fourth-order valence-electron chi connectivity index (χ4n) is 1.72. The molecule has 0 aromatic heterocycles. The van der Waals surface area contributed by atoms with Gasteiger partial charge in [-0.3, -0.25) is 0 Å². The van der Waals surface area contributed by atoms with Gasteiger partial charge in [0.05, 0.1) is 13.2 Å². The molecule has 0 aliphatic heterocycles. The van der Waals surface area contributed by atoms with Crippen LogP contribution in [-0.2, 0) is 12.3 Å². The number of nitrogens with zero attached hydrogens (tertiary/aromatic N) is 1. The molecule has 112 valence electrons. The summed E-state index contributed by atoms with van der Waals surface area (Å²) in [5.74, 6) is 1.21. The molecule has 0 aliphatic rings. The van der Waals surface area contributed by atoms with Crippen LogP contribution in [0.2, 0.25) is 0 Å². The zero-order valence-electron chi connectivity index (χ0n) is 11.9. The number of rotatable bonds is 7. The van der Waals surface area contributed by atoms with Crippen molar-refractivity contribution in [3.8, 4) is 0 Å². The summed E-state index contributed by atoms with van der Waals surface area (Å²) in [5, 5.41) is 14.9. The predicted molar refractivity (Wildman–Crippen MR) is 83.5 cm³/mol. The molecule has 6 heteroatoms. The van der Waals surface area contributed by atoms with Crippen LogP contribution in [0.15, 0.2) is 23.2 Å². The predicted octanol–water partition coefficient (Wildman–Crippen LogP) is 1.74. The van der Waals surface area contributed by atoms with Crippen molar-refractivity contribution in [2.75, 3.05) is 26.0 Å². The molecule has 0 spiro atoms. The first-order valence-electron chi connectivity index (χ1n) is 6.60. The lowest BCUT2D eigenvalue weighted by atomic mass is 10.1. The minimum atomic E-state index is -0.216. The van der Waals surface area contributed by atoms with E-state index in [0.717, 1.165) is 23.4 Å². The molecule has 0 unspecified atom stereocenters. The number of aliphatic hydroxyl groups is 1. The summed E-state index contributed by atoms with van der Waals surface area (Å²) >= 11 is 1.66. The van der Waals surface area contributed by atoms with E-state index in [9.17, 15) is 4.39 Å². The molecule has 1 aromatic rings. The molecule has 0 fully saturated rings. The van der Waals surface area contributed by atoms with Gasteiger partial charge in [-0.2, -0.15) is 11.8 Å². The highest BCUT2D eigenvalue weighted by molar-refractivity contribution is 7.97. The Bertz CT molecular complexity index is 440. The van der Waals surface area contributed by atoms with E-state index in [1.165, 1.54) is 6.07 Å². The summed E-state index contributed by atoms with van der Waals surface area (Å²) in [5.41, 5.74) is 1.99. The zero-order valence-corrected chi connectivity index (χ0v) is 12.8. The summed E-state index contributed by atoms with van der Waals surface area (Å²) in [6.45, 7) is 3.72. The van der Waals surface area contributed by atoms with Gasteiger partial charge in [-0.25, -0.2) is 9.38 Å². The third kappa shape index (κ3) is 5.79. The maximum absolute atomic E-state index is 13.3. The lowest BCUT2D eigenvalue weighted by Gasteiger charge is -2.11. The topological polar surface area (TPSA) is 56.7 Å². The van der Waals surface area contributed by atoms with E-state index < -0.39 is 0 Å². The Balaban J connectivity index is 2.78. The van der Waals surface area contributed by atoms with Gasteiger partial charge < -0.3 is 15.7 Å². The van der Waals surface area contributed by atoms with Crippen molar-refractivity contribution in [2.45, 2.75) is 19.2 Å². The largest absolute Gasteiger partial charge is 0.395 e. The molecular weight excluding hydrogens is 277 g/mol. The van der Waals surface area contributed by atoms with Crippen LogP contribution in [0.25, 0.3) is 0 Å². The van der Waals surface area contributed by atoms with Crippen LogP contribution in [0.1, 0.15) is 18.1 Å². The van der Waals surface area contributed by atoms with E-state index in [0.29, 0.717) is 19.0 Å². The first-order chi connectivity index (χ1) is 9.71. The Morgan fingerprint density at radius 1 is 1.35 bits per heavy atom. The number of thioether (sulfide) groups is 1. The number of guanidine groups is 1. The maximum Gasteiger partial charge on any atom is 0.191 e. The average Bonchev–Trinajstić information content (AvgIpc) is 2.44. The second kappa shape index (κ2) is 9.61. The lowest BCUT2D eigenvalue weighted by Crippen LogP contribution is -2.38. The van der Waals surface area contributed by atoms with Crippen LogP contribution in [0.5, 0.6) is 0 Å². The second-order valence-electron chi connectivity index (χ2n) is 4.19. The van der Waals surface area contributed by atoms with E-state index in [1.807, 2.05) is 13.2 Å². The summed E-state index contributed by atoms with van der Waals surface area (Å²) < 4.78 is 13.3. The maximum atomic E-state index is 13.3. The first-order valence-corrected chi connectivity index (χ1v) is 8.00. The monoisotopic (exact) mass is 299 g/mol. The van der Waals surface area contributed by atoms with Gasteiger partial charge in [0.2, 0.25) is 0 Å². The van der Waals surface area contributed by atoms with Crippen molar-refractivity contribution in [3.63, 3.8) is 0 Å². The van der Waals surface area contributed by atoms with E-state index >= 15 is 0 Å². The Hall–Kier alpha value is -1.27. The molecule has 0 saturated heterocycles. The number of nitrogens with one attached hydrogen (secondary N) is 2. The highest BCUT2D eigenvalue weighted by atomic mass is 32.2. The van der Waals surface area contributed by atoms with Crippen LogP contribution in [-0.4, -0.2) is 37.0 Å². The van der Waals surface area contributed by atoms with Crippen LogP contribution in [0, 0.1) is 5.82 Å². The average molecular weight is 299 g/mol. The van der Waals surface area contributed by atoms with Gasteiger partial charge in [0.1, 0.15) is 5.82 Å². The van der Waals surface area contributed by atoms with Crippen molar-refractivity contribution < 1.29 is 9.50 Å². The van der Waals surface area contributed by atoms with Crippen LogP contribution in [0.3, 0.4) is 0 Å². The van der Waals surface area contributed by atoms with Crippen molar-refractivity contribution in [1.82, 2.24) is 10.6 Å². The fourth-order valence-corrected chi connectivity index (χ4v) is 2.30. The molecule has 20 heavy (non-hydrogen) atoms. The van der Waals surface area contributed by atoms with E-state index in [-0.39, 0.29) is 12.4 Å².